The van der Waals surface area contributed by atoms with Gasteiger partial charge in [-0.3, -0.25) is 10.1 Å². The van der Waals surface area contributed by atoms with Gasteiger partial charge >= 0.3 is 12.0 Å². The van der Waals surface area contributed by atoms with Crippen molar-refractivity contribution in [2.24, 2.45) is 0 Å². The quantitative estimate of drug-likeness (QED) is 0.772. The van der Waals surface area contributed by atoms with Gasteiger partial charge in [-0.15, -0.1) is 10.2 Å². The number of hydrogen-bond donors (Lipinski definition) is 2. The summed E-state index contributed by atoms with van der Waals surface area (Å²) in [6.07, 6.45) is 3.20. The molecule has 10 nitrogen and oxygen atoms in total. The molecule has 0 aliphatic heterocycles. The van der Waals surface area contributed by atoms with E-state index in [2.05, 4.69) is 25.8 Å². The predicted molar refractivity (Wildman–Crippen MR) is 61.9 cm³/mol. The van der Waals surface area contributed by atoms with Crippen LogP contribution in [0.1, 0.15) is 35.1 Å². The van der Waals surface area contributed by atoms with E-state index in [1.807, 2.05) is 0 Å². The molecule has 1 fully saturated rings. The maximum atomic E-state index is 11.7. The molecule has 0 aromatic carbocycles. The normalized spacial score (nSPS) is 14.2. The van der Waals surface area contributed by atoms with Gasteiger partial charge in [-0.1, -0.05) is 10.3 Å². The first-order valence-electron chi connectivity index (χ1n) is 5.88. The van der Waals surface area contributed by atoms with Crippen molar-refractivity contribution in [1.82, 2.24) is 25.2 Å². The number of aromatic carboxylic acids is 1. The maximum Gasteiger partial charge on any atom is 0.358 e. The Morgan fingerprint density at radius 1 is 1.40 bits per heavy atom. The molecule has 2 aromatic rings. The predicted octanol–water partition coefficient (Wildman–Crippen LogP) is -0.125. The van der Waals surface area contributed by atoms with Crippen LogP contribution in [0.15, 0.2) is 10.6 Å². The monoisotopic (exact) mass is 278 g/mol. The van der Waals surface area contributed by atoms with Crippen molar-refractivity contribution in [2.45, 2.75) is 25.3 Å². The van der Waals surface area contributed by atoms with Gasteiger partial charge in [0.2, 0.25) is 11.8 Å². The van der Waals surface area contributed by atoms with Gasteiger partial charge in [0.25, 0.3) is 0 Å². The Kier molecular flexibility index (Phi) is 2.89. The summed E-state index contributed by atoms with van der Waals surface area (Å²) in [4.78, 5) is 22.3. The van der Waals surface area contributed by atoms with Crippen LogP contribution in [0.4, 0.5) is 6.01 Å². The van der Waals surface area contributed by atoms with Gasteiger partial charge in [0.1, 0.15) is 6.54 Å². The topological polar surface area (TPSA) is 136 Å². The van der Waals surface area contributed by atoms with Crippen LogP contribution in [0.5, 0.6) is 0 Å². The van der Waals surface area contributed by atoms with Gasteiger partial charge in [0.05, 0.1) is 6.20 Å². The first kappa shape index (κ1) is 12.3. The lowest BCUT2D eigenvalue weighted by Gasteiger charge is -1.99. The van der Waals surface area contributed by atoms with Crippen LogP contribution >= 0.6 is 0 Å². The average molecular weight is 278 g/mol. The van der Waals surface area contributed by atoms with Crippen LogP contribution in [0.25, 0.3) is 0 Å². The van der Waals surface area contributed by atoms with Crippen molar-refractivity contribution in [2.75, 3.05) is 5.32 Å². The van der Waals surface area contributed by atoms with Crippen LogP contribution in [0, 0.1) is 0 Å². The number of hydrogen-bond acceptors (Lipinski definition) is 7. The van der Waals surface area contributed by atoms with Crippen molar-refractivity contribution in [3.05, 3.63) is 17.8 Å². The Hall–Kier alpha value is -2.78. The van der Waals surface area contributed by atoms with Gasteiger partial charge < -0.3 is 9.52 Å². The molecule has 0 bridgehead atoms. The maximum absolute atomic E-state index is 11.7. The molecule has 1 aliphatic rings. The Bertz CT molecular complexity index is 658. The standard InChI is InChI=1S/C10H10N6O4/c17-7(4-16-3-6(9(18)19)12-15-16)11-10-14-13-8(20-10)5-1-2-5/h3,5H,1-2,4H2,(H,18,19)(H,11,14,17). The number of anilines is 1. The summed E-state index contributed by atoms with van der Waals surface area (Å²) in [7, 11) is 0. The van der Waals surface area contributed by atoms with Crippen LogP contribution in [-0.4, -0.2) is 42.2 Å². The summed E-state index contributed by atoms with van der Waals surface area (Å²) in [5, 5.41) is 25.5. The average Bonchev–Trinajstić information content (AvgIpc) is 2.96. The number of carboxylic acid groups (broad SMARTS) is 1. The van der Waals surface area contributed by atoms with E-state index >= 15 is 0 Å². The number of rotatable bonds is 5. The number of amides is 1. The molecule has 1 amide bonds. The van der Waals surface area contributed by atoms with Crippen LogP contribution in [0.3, 0.4) is 0 Å². The van der Waals surface area contributed by atoms with Crippen molar-refractivity contribution in [1.29, 1.82) is 0 Å². The minimum atomic E-state index is -1.21. The van der Waals surface area contributed by atoms with Crippen LogP contribution < -0.4 is 5.32 Å². The second-order valence-electron chi connectivity index (χ2n) is 4.37. The molecule has 2 N–H and O–H groups in total. The van der Waals surface area contributed by atoms with E-state index in [4.69, 9.17) is 9.52 Å². The molecule has 0 radical (unpaired) electrons. The molecule has 104 valence electrons. The third-order valence-electron chi connectivity index (χ3n) is 2.68. The summed E-state index contributed by atoms with van der Waals surface area (Å²) < 4.78 is 6.37. The number of nitrogens with one attached hydrogen (secondary N) is 1. The lowest BCUT2D eigenvalue weighted by molar-refractivity contribution is -0.117. The highest BCUT2D eigenvalue weighted by molar-refractivity contribution is 5.88. The summed E-state index contributed by atoms with van der Waals surface area (Å²) in [5.74, 6) is -0.837. The molecule has 0 unspecified atom stereocenters. The Balaban J connectivity index is 1.59. The molecule has 20 heavy (non-hydrogen) atoms. The summed E-state index contributed by atoms with van der Waals surface area (Å²) in [6, 6.07) is 0.0236. The first-order valence-corrected chi connectivity index (χ1v) is 5.88. The van der Waals surface area contributed by atoms with Crippen molar-refractivity contribution >= 4 is 17.9 Å². The first-order chi connectivity index (χ1) is 9.61. The molecular weight excluding hydrogens is 268 g/mol. The highest BCUT2D eigenvalue weighted by Crippen LogP contribution is 2.39. The van der Waals surface area contributed by atoms with E-state index in [1.165, 1.54) is 0 Å². The van der Waals surface area contributed by atoms with E-state index in [0.717, 1.165) is 23.7 Å². The molecule has 0 atom stereocenters. The number of carbonyl (C=O) groups is 2. The van der Waals surface area contributed by atoms with E-state index in [1.54, 1.807) is 0 Å². The lowest BCUT2D eigenvalue weighted by atomic mass is 10.4. The fraction of sp³-hybridized carbons (Fsp3) is 0.400. The Morgan fingerprint density at radius 2 is 2.20 bits per heavy atom. The molecule has 0 saturated heterocycles. The summed E-state index contributed by atoms with van der Waals surface area (Å²) >= 11 is 0. The molecule has 2 aromatic heterocycles. The van der Waals surface area contributed by atoms with Crippen LogP contribution in [-0.2, 0) is 11.3 Å². The Morgan fingerprint density at radius 3 is 2.85 bits per heavy atom. The van der Waals surface area contributed by atoms with E-state index in [0.29, 0.717) is 11.8 Å². The van der Waals surface area contributed by atoms with E-state index in [9.17, 15) is 9.59 Å². The smallest absolute Gasteiger partial charge is 0.358 e. The molecule has 1 saturated carbocycles. The molecule has 1 aliphatic carbocycles. The summed E-state index contributed by atoms with van der Waals surface area (Å²) in [5.41, 5.74) is -0.230. The van der Waals surface area contributed by atoms with Crippen molar-refractivity contribution in [3.63, 3.8) is 0 Å². The van der Waals surface area contributed by atoms with Gasteiger partial charge in [-0.2, -0.15) is 0 Å². The number of carboxylic acids is 1. The zero-order valence-corrected chi connectivity index (χ0v) is 10.2. The molecular formula is C10H10N6O4. The molecule has 0 spiro atoms. The third kappa shape index (κ3) is 2.63. The van der Waals surface area contributed by atoms with Gasteiger partial charge in [0, 0.05) is 5.92 Å². The molecule has 3 rings (SSSR count). The summed E-state index contributed by atoms with van der Waals surface area (Å²) in [6.45, 7) is -0.193. The second-order valence-corrected chi connectivity index (χ2v) is 4.37. The number of nitrogens with zero attached hydrogens (tertiary/aromatic N) is 5. The zero-order valence-electron chi connectivity index (χ0n) is 10.2. The lowest BCUT2D eigenvalue weighted by Crippen LogP contribution is -2.19. The van der Waals surface area contributed by atoms with E-state index in [-0.39, 0.29) is 18.3 Å². The molecule has 2 heterocycles. The van der Waals surface area contributed by atoms with Crippen molar-refractivity contribution in [3.8, 4) is 0 Å². The van der Waals surface area contributed by atoms with Crippen molar-refractivity contribution < 1.29 is 19.1 Å². The fourth-order valence-electron chi connectivity index (χ4n) is 1.56. The fourth-order valence-corrected chi connectivity index (χ4v) is 1.56. The number of aromatic nitrogens is 5. The minimum Gasteiger partial charge on any atom is -0.476 e. The van der Waals surface area contributed by atoms with E-state index < -0.39 is 11.9 Å². The molecule has 10 heteroatoms. The zero-order chi connectivity index (χ0) is 14.1. The largest absolute Gasteiger partial charge is 0.476 e. The van der Waals surface area contributed by atoms with Gasteiger partial charge in [-0.05, 0) is 12.8 Å². The highest BCUT2D eigenvalue weighted by atomic mass is 16.4. The third-order valence-corrected chi connectivity index (χ3v) is 2.68. The van der Waals surface area contributed by atoms with Gasteiger partial charge in [-0.25, -0.2) is 9.48 Å². The van der Waals surface area contributed by atoms with Crippen LogP contribution in [0.2, 0.25) is 0 Å². The SMILES string of the molecule is O=C(Cn1cc(C(=O)O)nn1)Nc1nnc(C2CC2)o1. The second kappa shape index (κ2) is 4.72. The number of carbonyl (C=O) groups excluding carboxylic acids is 1. The minimum absolute atomic E-state index is 0.0236. The highest BCUT2D eigenvalue weighted by Gasteiger charge is 2.29. The Labute approximate surface area is 111 Å². The van der Waals surface area contributed by atoms with Gasteiger partial charge in [0.15, 0.2) is 5.69 Å².